The van der Waals surface area contributed by atoms with Crippen molar-refractivity contribution >= 4 is 11.6 Å². The summed E-state index contributed by atoms with van der Waals surface area (Å²) in [5.74, 6) is -1.50. The number of halogens is 4. The third kappa shape index (κ3) is 2.84. The summed E-state index contributed by atoms with van der Waals surface area (Å²) < 4.78 is 52.8. The molecule has 0 atom stereocenters. The molecule has 4 nitrogen and oxygen atoms in total. The van der Waals surface area contributed by atoms with Crippen molar-refractivity contribution in [2.75, 3.05) is 13.2 Å². The first-order valence-corrected chi connectivity index (χ1v) is 6.89. The quantitative estimate of drug-likeness (QED) is 0.863. The minimum absolute atomic E-state index is 0.00635. The first-order valence-electron chi connectivity index (χ1n) is 6.52. The second-order valence-electron chi connectivity index (χ2n) is 4.87. The van der Waals surface area contributed by atoms with Gasteiger partial charge in [-0.15, -0.1) is 0 Å². The van der Waals surface area contributed by atoms with Crippen LogP contribution >= 0.6 is 11.6 Å². The van der Waals surface area contributed by atoms with Crippen LogP contribution in [0.1, 0.15) is 11.1 Å². The van der Waals surface area contributed by atoms with Gasteiger partial charge in [-0.1, -0.05) is 17.7 Å². The van der Waals surface area contributed by atoms with E-state index in [2.05, 4.69) is 4.98 Å². The van der Waals surface area contributed by atoms with Gasteiger partial charge in [0.15, 0.2) is 0 Å². The van der Waals surface area contributed by atoms with Crippen LogP contribution in [-0.2, 0) is 28.0 Å². The highest BCUT2D eigenvalue weighted by Gasteiger charge is 2.46. The SMILES string of the molecule is FC(F)(F)c1cc(Cl)ccc1C1(Cn2ccnc2)OCCO1. The van der Waals surface area contributed by atoms with Gasteiger partial charge >= 0.3 is 6.18 Å². The number of benzene rings is 1. The summed E-state index contributed by atoms with van der Waals surface area (Å²) in [6, 6.07) is 3.58. The zero-order valence-electron chi connectivity index (χ0n) is 11.3. The fourth-order valence-corrected chi connectivity index (χ4v) is 2.66. The Hall–Kier alpha value is -1.57. The van der Waals surface area contributed by atoms with E-state index in [1.807, 2.05) is 0 Å². The van der Waals surface area contributed by atoms with Crippen LogP contribution in [0, 0.1) is 0 Å². The van der Waals surface area contributed by atoms with E-state index in [0.29, 0.717) is 0 Å². The fourth-order valence-electron chi connectivity index (χ4n) is 2.49. The molecular formula is C14H12ClF3N2O2. The second kappa shape index (κ2) is 5.57. The molecule has 1 aromatic carbocycles. The third-order valence-electron chi connectivity index (χ3n) is 3.40. The van der Waals surface area contributed by atoms with E-state index in [4.69, 9.17) is 21.1 Å². The van der Waals surface area contributed by atoms with Crippen molar-refractivity contribution in [2.24, 2.45) is 0 Å². The van der Waals surface area contributed by atoms with Crippen molar-refractivity contribution in [3.63, 3.8) is 0 Å². The highest BCUT2D eigenvalue weighted by molar-refractivity contribution is 6.30. The molecule has 0 radical (unpaired) electrons. The average molecular weight is 333 g/mol. The maximum Gasteiger partial charge on any atom is 0.416 e. The van der Waals surface area contributed by atoms with Crippen LogP contribution < -0.4 is 0 Å². The smallest absolute Gasteiger partial charge is 0.342 e. The van der Waals surface area contributed by atoms with Gasteiger partial charge < -0.3 is 14.0 Å². The maximum absolute atomic E-state index is 13.3. The molecule has 0 unspecified atom stereocenters. The summed E-state index contributed by atoms with van der Waals surface area (Å²) in [5, 5.41) is 0.00635. The van der Waals surface area contributed by atoms with Crippen LogP contribution in [0.25, 0.3) is 0 Å². The van der Waals surface area contributed by atoms with Crippen LogP contribution in [0.5, 0.6) is 0 Å². The van der Waals surface area contributed by atoms with Crippen molar-refractivity contribution in [2.45, 2.75) is 18.5 Å². The van der Waals surface area contributed by atoms with Crippen LogP contribution in [0.4, 0.5) is 13.2 Å². The Morgan fingerprint density at radius 3 is 2.59 bits per heavy atom. The molecule has 1 aromatic heterocycles. The molecule has 1 saturated heterocycles. The van der Waals surface area contributed by atoms with Crippen molar-refractivity contribution in [1.82, 2.24) is 9.55 Å². The Morgan fingerprint density at radius 2 is 2.00 bits per heavy atom. The second-order valence-corrected chi connectivity index (χ2v) is 5.31. The zero-order valence-corrected chi connectivity index (χ0v) is 12.1. The van der Waals surface area contributed by atoms with Gasteiger partial charge in [0.25, 0.3) is 0 Å². The van der Waals surface area contributed by atoms with Gasteiger partial charge in [-0.3, -0.25) is 0 Å². The lowest BCUT2D eigenvalue weighted by Gasteiger charge is -2.30. The molecule has 1 aliphatic heterocycles. The zero-order chi connectivity index (χ0) is 15.8. The van der Waals surface area contributed by atoms with E-state index in [9.17, 15) is 13.2 Å². The Labute approximate surface area is 129 Å². The van der Waals surface area contributed by atoms with Gasteiger partial charge in [0.1, 0.15) is 0 Å². The summed E-state index contributed by atoms with van der Waals surface area (Å²) in [4.78, 5) is 3.88. The van der Waals surface area contributed by atoms with E-state index in [-0.39, 0.29) is 30.3 Å². The van der Waals surface area contributed by atoms with Gasteiger partial charge in [-0.05, 0) is 12.1 Å². The predicted molar refractivity (Wildman–Crippen MR) is 72.3 cm³/mol. The topological polar surface area (TPSA) is 36.3 Å². The van der Waals surface area contributed by atoms with Crippen molar-refractivity contribution in [1.29, 1.82) is 0 Å². The van der Waals surface area contributed by atoms with Crippen molar-refractivity contribution in [3.05, 3.63) is 53.1 Å². The normalized spacial score (nSPS) is 17.8. The number of ether oxygens (including phenoxy) is 2. The highest BCUT2D eigenvalue weighted by atomic mass is 35.5. The summed E-state index contributed by atoms with van der Waals surface area (Å²) in [5.41, 5.74) is -0.947. The molecule has 1 aliphatic rings. The van der Waals surface area contributed by atoms with Gasteiger partial charge in [0.2, 0.25) is 5.79 Å². The van der Waals surface area contributed by atoms with Gasteiger partial charge in [-0.2, -0.15) is 13.2 Å². The number of nitrogens with zero attached hydrogens (tertiary/aromatic N) is 2. The molecule has 118 valence electrons. The van der Waals surface area contributed by atoms with E-state index in [0.717, 1.165) is 6.07 Å². The molecule has 1 fully saturated rings. The van der Waals surface area contributed by atoms with E-state index in [1.165, 1.54) is 24.7 Å². The molecule has 0 N–H and O–H groups in total. The standard InChI is InChI=1S/C14H12ClF3N2O2/c15-10-1-2-11(12(7-10)14(16,17)18)13(21-5-6-22-13)8-20-4-3-19-9-20/h1-4,7,9H,5-6,8H2. The van der Waals surface area contributed by atoms with Crippen LogP contribution in [0.2, 0.25) is 5.02 Å². The predicted octanol–water partition coefficient (Wildman–Crippen LogP) is 3.46. The number of alkyl halides is 3. The molecule has 0 spiro atoms. The van der Waals surface area contributed by atoms with Gasteiger partial charge in [0.05, 0.1) is 31.6 Å². The summed E-state index contributed by atoms with van der Waals surface area (Å²) in [6.07, 6.45) is 0.110. The lowest BCUT2D eigenvalue weighted by molar-refractivity contribution is -0.186. The lowest BCUT2D eigenvalue weighted by Crippen LogP contribution is -2.35. The molecule has 3 rings (SSSR count). The first kappa shape index (κ1) is 15.3. The molecule has 8 heteroatoms. The van der Waals surface area contributed by atoms with Crippen molar-refractivity contribution < 1.29 is 22.6 Å². The summed E-state index contributed by atoms with van der Waals surface area (Å²) in [6.45, 7) is 0.501. The Balaban J connectivity index is 2.09. The third-order valence-corrected chi connectivity index (χ3v) is 3.64. The Morgan fingerprint density at radius 1 is 1.27 bits per heavy atom. The molecule has 2 heterocycles. The maximum atomic E-state index is 13.3. The van der Waals surface area contributed by atoms with E-state index in [1.54, 1.807) is 10.8 Å². The number of aromatic nitrogens is 2. The Kier molecular flexibility index (Phi) is 3.88. The van der Waals surface area contributed by atoms with Crippen LogP contribution in [0.15, 0.2) is 36.9 Å². The molecule has 2 aromatic rings. The molecule has 22 heavy (non-hydrogen) atoms. The largest absolute Gasteiger partial charge is 0.416 e. The van der Waals surface area contributed by atoms with Crippen molar-refractivity contribution in [3.8, 4) is 0 Å². The van der Waals surface area contributed by atoms with Gasteiger partial charge in [-0.25, -0.2) is 4.98 Å². The lowest BCUT2D eigenvalue weighted by atomic mass is 9.98. The summed E-state index contributed by atoms with van der Waals surface area (Å²) >= 11 is 5.72. The van der Waals surface area contributed by atoms with Crippen LogP contribution in [0.3, 0.4) is 0 Å². The minimum Gasteiger partial charge on any atom is -0.342 e. The highest BCUT2D eigenvalue weighted by Crippen LogP contribution is 2.42. The molecular weight excluding hydrogens is 321 g/mol. The number of imidazole rings is 1. The molecule has 0 saturated carbocycles. The van der Waals surface area contributed by atoms with Gasteiger partial charge in [0, 0.05) is 23.0 Å². The number of rotatable bonds is 3. The first-order chi connectivity index (χ1) is 10.4. The number of hydrogen-bond donors (Lipinski definition) is 0. The number of hydrogen-bond acceptors (Lipinski definition) is 3. The molecule has 0 bridgehead atoms. The van der Waals surface area contributed by atoms with E-state index >= 15 is 0 Å². The summed E-state index contributed by atoms with van der Waals surface area (Å²) in [7, 11) is 0. The Bertz CT molecular complexity index is 653. The molecule has 0 amide bonds. The molecule has 0 aliphatic carbocycles. The van der Waals surface area contributed by atoms with E-state index < -0.39 is 17.5 Å². The van der Waals surface area contributed by atoms with Crippen LogP contribution in [-0.4, -0.2) is 22.8 Å². The average Bonchev–Trinajstić information content (AvgIpc) is 3.10. The fraction of sp³-hybridized carbons (Fsp3) is 0.357. The monoisotopic (exact) mass is 332 g/mol. The minimum atomic E-state index is -4.56.